The molecule has 3 N–H and O–H groups in total. The minimum atomic E-state index is -1.29. The smallest absolute Gasteiger partial charge is 0.319 e. The summed E-state index contributed by atoms with van der Waals surface area (Å²) in [5.41, 5.74) is 2.16. The minimum absolute atomic E-state index is 0.0356. The summed E-state index contributed by atoms with van der Waals surface area (Å²) in [6.45, 7) is 13.1. The molecule has 5 aromatic rings. The van der Waals surface area contributed by atoms with Crippen molar-refractivity contribution < 1.29 is 33.0 Å². The Bertz CT molecular complexity index is 2990. The maximum atomic E-state index is 17.2. The van der Waals surface area contributed by atoms with E-state index in [1.165, 1.54) is 0 Å². The summed E-state index contributed by atoms with van der Waals surface area (Å²) in [4.78, 5) is 63.6. The maximum absolute atomic E-state index is 17.2. The summed E-state index contributed by atoms with van der Waals surface area (Å²) in [7, 11) is 0. The predicted octanol–water partition coefficient (Wildman–Crippen LogP) is 6.41. The topological polar surface area (TPSA) is 160 Å². The van der Waals surface area contributed by atoms with Gasteiger partial charge < -0.3 is 29.9 Å². The second kappa shape index (κ2) is 17.9. The van der Waals surface area contributed by atoms with Crippen molar-refractivity contribution in [1.82, 2.24) is 35.4 Å². The molecule has 72 heavy (non-hydrogen) atoms. The number of carbonyl (C=O) groups is 3. The number of aromatic hydroxyl groups is 1. The molecular formula is C55H64F2N10O5. The van der Waals surface area contributed by atoms with E-state index >= 15 is 8.78 Å². The standard InChI is InChI=1S/C55H64F2N10O5/c1-4-33-6-5-7-34-24-38(68)26-39(45(33)34)47-46(56)48-40(27-58-47)49(66-28-35-8-9-36(29-66)59-35)62-52(61-48)72-32-54(14-15-54)30-63-18-16-55(57,17-19-63)31-64-20-22-65(23-21-64)37-10-11-42-41(25-37)53(2,3)51(71)67(42)43-12-13-44(69)60-50(43)70/h5-7,10-11,24-27,35-36,43,59,68H,4,8-9,12-23,28-32H2,1-3H3,(H,60,69,70). The number of likely N-dealkylation sites (tertiary alicyclic amines) is 1. The Labute approximate surface area is 418 Å². The van der Waals surface area contributed by atoms with Gasteiger partial charge in [-0.05, 0) is 117 Å². The number of nitrogens with zero attached hydrogens (tertiary/aromatic N) is 8. The highest BCUT2D eigenvalue weighted by Crippen LogP contribution is 2.48. The molecular weight excluding hydrogens is 919 g/mol. The molecule has 3 unspecified atom stereocenters. The lowest BCUT2D eigenvalue weighted by Crippen LogP contribution is -2.55. The zero-order valence-electron chi connectivity index (χ0n) is 41.5. The van der Waals surface area contributed by atoms with Crippen molar-refractivity contribution in [2.45, 2.75) is 108 Å². The van der Waals surface area contributed by atoms with Crippen LogP contribution >= 0.6 is 0 Å². The summed E-state index contributed by atoms with van der Waals surface area (Å²) in [5.74, 6) is -0.815. The number of alkyl halides is 1. The molecule has 1 aliphatic carbocycles. The third-order valence-electron chi connectivity index (χ3n) is 17.1. The van der Waals surface area contributed by atoms with Crippen LogP contribution < -0.4 is 30.1 Å². The number of fused-ring (bicyclic) bond motifs is 5. The Morgan fingerprint density at radius 2 is 1.61 bits per heavy atom. The van der Waals surface area contributed by atoms with Gasteiger partial charge in [0.05, 0.1) is 17.4 Å². The SMILES string of the molecule is CCc1cccc2cc(O)cc(-c3ncc4c(N5CC6CCC(C5)N6)nc(OCC5(CN6CCC(F)(CN7CCN(c8ccc9c(c8)C(C)(C)C(=O)N9C8CCC(=O)NC8=O)CC7)CC6)CC5)nc4c3F)c12. The molecule has 15 nitrogen and oxygen atoms in total. The number of carbonyl (C=O) groups excluding carboxylic acids is 3. The van der Waals surface area contributed by atoms with Gasteiger partial charge in [-0.3, -0.25) is 34.5 Å². The molecule has 2 bridgehead atoms. The highest BCUT2D eigenvalue weighted by Gasteiger charge is 2.50. The summed E-state index contributed by atoms with van der Waals surface area (Å²) in [6.07, 6.45) is 7.91. The Hall–Kier alpha value is -6.04. The van der Waals surface area contributed by atoms with Gasteiger partial charge in [-0.1, -0.05) is 25.1 Å². The number of piperidine rings is 2. The molecule has 8 heterocycles. The fourth-order valence-corrected chi connectivity index (χ4v) is 12.7. The van der Waals surface area contributed by atoms with Crippen LogP contribution in [-0.4, -0.2) is 143 Å². The van der Waals surface area contributed by atoms with Crippen LogP contribution in [0.1, 0.15) is 83.3 Å². The van der Waals surface area contributed by atoms with Crippen molar-refractivity contribution in [3.05, 3.63) is 71.7 Å². The number of nitrogens with one attached hydrogen (secondary N) is 2. The van der Waals surface area contributed by atoms with Gasteiger partial charge in [0.2, 0.25) is 17.7 Å². The van der Waals surface area contributed by atoms with Gasteiger partial charge in [-0.15, -0.1) is 0 Å². The highest BCUT2D eigenvalue weighted by molar-refractivity contribution is 6.14. The van der Waals surface area contributed by atoms with Crippen molar-refractivity contribution in [3.8, 4) is 23.0 Å². The lowest BCUT2D eigenvalue weighted by molar-refractivity contribution is -0.136. The molecule has 12 rings (SSSR count). The Morgan fingerprint density at radius 1 is 0.861 bits per heavy atom. The molecule has 3 amide bonds. The first-order chi connectivity index (χ1) is 34.7. The molecule has 7 aliphatic rings. The molecule has 1 saturated carbocycles. The lowest BCUT2D eigenvalue weighted by atomic mass is 9.86. The quantitative estimate of drug-likeness (QED) is 0.118. The number of phenols is 1. The summed E-state index contributed by atoms with van der Waals surface area (Å²) >= 11 is 0. The number of phenolic OH excluding ortho intramolecular Hbond substituents is 1. The van der Waals surface area contributed by atoms with E-state index in [1.807, 2.05) is 44.2 Å². The number of hydrogen-bond donors (Lipinski definition) is 3. The second-order valence-electron chi connectivity index (χ2n) is 22.4. The number of aromatic nitrogens is 3. The van der Waals surface area contributed by atoms with E-state index in [0.717, 1.165) is 106 Å². The van der Waals surface area contributed by atoms with Gasteiger partial charge in [0.1, 0.15) is 34.5 Å². The summed E-state index contributed by atoms with van der Waals surface area (Å²) < 4.78 is 40.4. The third-order valence-corrected chi connectivity index (χ3v) is 17.1. The first-order valence-electron chi connectivity index (χ1n) is 26.1. The molecule has 5 saturated heterocycles. The van der Waals surface area contributed by atoms with Gasteiger partial charge in [-0.25, -0.2) is 8.78 Å². The third kappa shape index (κ3) is 8.48. The average molecular weight is 983 g/mol. The number of ether oxygens (including phenoxy) is 1. The monoisotopic (exact) mass is 983 g/mol. The van der Waals surface area contributed by atoms with Crippen LogP contribution in [0.2, 0.25) is 0 Å². The van der Waals surface area contributed by atoms with E-state index < -0.39 is 28.8 Å². The van der Waals surface area contributed by atoms with Crippen LogP contribution in [0.25, 0.3) is 32.9 Å². The van der Waals surface area contributed by atoms with Gasteiger partial charge in [-0.2, -0.15) is 9.97 Å². The molecule has 3 aromatic carbocycles. The first kappa shape index (κ1) is 47.0. The van der Waals surface area contributed by atoms with E-state index in [4.69, 9.17) is 19.7 Å². The molecule has 6 fully saturated rings. The first-order valence-corrected chi connectivity index (χ1v) is 26.1. The van der Waals surface area contributed by atoms with Gasteiger partial charge >= 0.3 is 6.01 Å². The fraction of sp³-hybridized carbons (Fsp3) is 0.527. The summed E-state index contributed by atoms with van der Waals surface area (Å²) in [5, 5.41) is 19.1. The number of rotatable bonds is 12. The number of amides is 3. The molecule has 2 aromatic heterocycles. The van der Waals surface area contributed by atoms with E-state index in [2.05, 4.69) is 43.2 Å². The maximum Gasteiger partial charge on any atom is 0.319 e. The van der Waals surface area contributed by atoms with Crippen LogP contribution in [0.15, 0.2) is 54.7 Å². The van der Waals surface area contributed by atoms with Crippen molar-refractivity contribution in [1.29, 1.82) is 0 Å². The molecule has 3 atom stereocenters. The fourth-order valence-electron chi connectivity index (χ4n) is 12.7. The normalized spacial score (nSPS) is 24.8. The molecule has 0 radical (unpaired) electrons. The van der Waals surface area contributed by atoms with E-state index in [0.29, 0.717) is 80.0 Å². The van der Waals surface area contributed by atoms with Gasteiger partial charge in [0, 0.05) is 113 Å². The Kier molecular flexibility index (Phi) is 11.7. The van der Waals surface area contributed by atoms with Crippen LogP contribution in [0.4, 0.5) is 26.0 Å². The number of anilines is 3. The van der Waals surface area contributed by atoms with Crippen LogP contribution in [0.5, 0.6) is 11.8 Å². The van der Waals surface area contributed by atoms with E-state index in [-0.39, 0.29) is 46.6 Å². The predicted molar refractivity (Wildman–Crippen MR) is 272 cm³/mol. The lowest BCUT2D eigenvalue weighted by Gasteiger charge is -2.43. The molecule has 6 aliphatic heterocycles. The Balaban J connectivity index is 0.694. The highest BCUT2D eigenvalue weighted by atomic mass is 19.1. The van der Waals surface area contributed by atoms with Crippen molar-refractivity contribution in [3.63, 3.8) is 0 Å². The van der Waals surface area contributed by atoms with E-state index in [1.54, 1.807) is 23.2 Å². The second-order valence-corrected chi connectivity index (χ2v) is 22.4. The number of pyridine rings is 1. The average Bonchev–Trinajstić information content (AvgIpc) is 4.01. The van der Waals surface area contributed by atoms with Gasteiger partial charge in [0.25, 0.3) is 0 Å². The summed E-state index contributed by atoms with van der Waals surface area (Å²) in [6, 6.07) is 15.2. The van der Waals surface area contributed by atoms with Crippen LogP contribution in [0, 0.1) is 11.2 Å². The van der Waals surface area contributed by atoms with Crippen LogP contribution in [-0.2, 0) is 26.2 Å². The zero-order chi connectivity index (χ0) is 49.7. The van der Waals surface area contributed by atoms with Crippen LogP contribution in [0.3, 0.4) is 0 Å². The molecule has 0 spiro atoms. The zero-order valence-corrected chi connectivity index (χ0v) is 41.5. The number of benzene rings is 3. The molecule has 378 valence electrons. The molecule has 17 heteroatoms. The van der Waals surface area contributed by atoms with Crippen molar-refractivity contribution in [2.24, 2.45) is 5.41 Å². The largest absolute Gasteiger partial charge is 0.508 e. The van der Waals surface area contributed by atoms with E-state index in [9.17, 15) is 19.5 Å². The number of piperazine rings is 2. The number of imide groups is 1. The Morgan fingerprint density at radius 3 is 2.33 bits per heavy atom. The van der Waals surface area contributed by atoms with Gasteiger partial charge in [0.15, 0.2) is 5.82 Å². The van der Waals surface area contributed by atoms with Crippen molar-refractivity contribution in [2.75, 3.05) is 86.8 Å². The van der Waals surface area contributed by atoms with Crippen molar-refractivity contribution >= 4 is 56.6 Å². The number of hydrogen-bond acceptors (Lipinski definition) is 13. The number of aryl methyl sites for hydroxylation is 1. The minimum Gasteiger partial charge on any atom is -0.508 e. The number of halogens is 2.